The van der Waals surface area contributed by atoms with E-state index in [1.165, 1.54) is 6.26 Å². The molecule has 0 aliphatic heterocycles. The van der Waals surface area contributed by atoms with Gasteiger partial charge in [0.25, 0.3) is 5.91 Å². The molecule has 1 amide bonds. The van der Waals surface area contributed by atoms with E-state index in [-0.39, 0.29) is 10.8 Å². The van der Waals surface area contributed by atoms with Crippen molar-refractivity contribution in [2.45, 2.75) is 11.8 Å². The third kappa shape index (κ3) is 4.71. The topological polar surface area (TPSA) is 67.3 Å². The molecule has 0 fully saturated rings. The molecule has 0 radical (unpaired) electrons. The zero-order chi connectivity index (χ0) is 23.4. The molecule has 5 nitrogen and oxygen atoms in total. The van der Waals surface area contributed by atoms with Crippen molar-refractivity contribution in [3.63, 3.8) is 0 Å². The van der Waals surface area contributed by atoms with Crippen LogP contribution in [0.15, 0.2) is 102 Å². The van der Waals surface area contributed by atoms with E-state index >= 15 is 0 Å². The summed E-state index contributed by atoms with van der Waals surface area (Å²) in [7, 11) is -3.36. The third-order valence-electron chi connectivity index (χ3n) is 5.42. The third-order valence-corrected chi connectivity index (χ3v) is 6.58. The maximum Gasteiger partial charge on any atom is 0.260 e. The molecule has 0 bridgehead atoms. The van der Waals surface area contributed by atoms with Crippen LogP contribution >= 0.6 is 0 Å². The molecule has 0 saturated carbocycles. The monoisotopic (exact) mass is 456 g/mol. The first-order chi connectivity index (χ1) is 15.9. The number of anilines is 1. The number of sulfone groups is 1. The molecule has 0 spiro atoms. The molecule has 166 valence electrons. The summed E-state index contributed by atoms with van der Waals surface area (Å²) in [5.41, 5.74) is 4.18. The Kier molecular flexibility index (Phi) is 6.38. The first kappa shape index (κ1) is 22.4. The van der Waals surface area contributed by atoms with E-state index in [4.69, 9.17) is 0 Å². The van der Waals surface area contributed by atoms with E-state index in [2.05, 4.69) is 4.98 Å². The van der Waals surface area contributed by atoms with Crippen molar-refractivity contribution < 1.29 is 13.2 Å². The molecule has 0 saturated heterocycles. The molecular weight excluding hydrogens is 432 g/mol. The summed E-state index contributed by atoms with van der Waals surface area (Å²) < 4.78 is 24.4. The van der Waals surface area contributed by atoms with Crippen molar-refractivity contribution in [2.24, 2.45) is 0 Å². The van der Waals surface area contributed by atoms with E-state index < -0.39 is 9.84 Å². The van der Waals surface area contributed by atoms with Crippen molar-refractivity contribution in [2.75, 3.05) is 17.7 Å². The highest BCUT2D eigenvalue weighted by atomic mass is 32.2. The van der Waals surface area contributed by atoms with Crippen LogP contribution in [0.4, 0.5) is 5.69 Å². The number of pyridine rings is 1. The van der Waals surface area contributed by atoms with Crippen molar-refractivity contribution >= 4 is 21.4 Å². The van der Waals surface area contributed by atoms with Crippen molar-refractivity contribution in [3.8, 4) is 22.4 Å². The van der Waals surface area contributed by atoms with Gasteiger partial charge >= 0.3 is 0 Å². The molecular formula is C27H24N2O3S. The summed E-state index contributed by atoms with van der Waals surface area (Å²) in [4.78, 5) is 20.0. The highest BCUT2D eigenvalue weighted by Crippen LogP contribution is 2.30. The average Bonchev–Trinajstić information content (AvgIpc) is 2.85. The molecule has 3 aromatic carbocycles. The Labute approximate surface area is 194 Å². The van der Waals surface area contributed by atoms with Gasteiger partial charge in [0.15, 0.2) is 9.84 Å². The number of nitrogens with zero attached hydrogens (tertiary/aromatic N) is 2. The SMILES string of the molecule is CCN(C(=O)c1cccnc1-c1ccccc1)c1ccc(-c2ccccc2S(C)(=O)=O)cc1. The normalized spacial score (nSPS) is 11.2. The van der Waals surface area contributed by atoms with Crippen LogP contribution in [0.3, 0.4) is 0 Å². The quantitative estimate of drug-likeness (QED) is 0.385. The maximum atomic E-state index is 13.5. The van der Waals surface area contributed by atoms with Gasteiger partial charge in [-0.2, -0.15) is 0 Å². The van der Waals surface area contributed by atoms with Gasteiger partial charge in [-0.1, -0.05) is 60.7 Å². The predicted octanol–water partition coefficient (Wildman–Crippen LogP) is 5.49. The van der Waals surface area contributed by atoms with Crippen LogP contribution in [0.1, 0.15) is 17.3 Å². The maximum absolute atomic E-state index is 13.5. The van der Waals surface area contributed by atoms with Gasteiger partial charge in [0, 0.05) is 35.8 Å². The lowest BCUT2D eigenvalue weighted by Crippen LogP contribution is -2.31. The lowest BCUT2D eigenvalue weighted by Gasteiger charge is -2.22. The van der Waals surface area contributed by atoms with Crippen LogP contribution in [0.2, 0.25) is 0 Å². The summed E-state index contributed by atoms with van der Waals surface area (Å²) >= 11 is 0. The minimum absolute atomic E-state index is 0.145. The van der Waals surface area contributed by atoms with Gasteiger partial charge in [-0.25, -0.2) is 8.42 Å². The molecule has 0 N–H and O–H groups in total. The van der Waals surface area contributed by atoms with Crippen LogP contribution in [0.5, 0.6) is 0 Å². The molecule has 4 rings (SSSR count). The Bertz CT molecular complexity index is 1380. The molecule has 4 aromatic rings. The number of benzene rings is 3. The zero-order valence-electron chi connectivity index (χ0n) is 18.5. The van der Waals surface area contributed by atoms with Crippen molar-refractivity contribution in [1.82, 2.24) is 4.98 Å². The minimum atomic E-state index is -3.36. The van der Waals surface area contributed by atoms with Crippen molar-refractivity contribution in [3.05, 3.63) is 103 Å². The summed E-state index contributed by atoms with van der Waals surface area (Å²) in [6, 6.07) is 27.5. The van der Waals surface area contributed by atoms with Crippen LogP contribution in [0, 0.1) is 0 Å². The van der Waals surface area contributed by atoms with Gasteiger partial charge in [0.05, 0.1) is 16.2 Å². The minimum Gasteiger partial charge on any atom is -0.309 e. The average molecular weight is 457 g/mol. The van der Waals surface area contributed by atoms with E-state index in [0.717, 1.165) is 16.8 Å². The van der Waals surface area contributed by atoms with E-state index in [0.29, 0.717) is 23.4 Å². The number of aromatic nitrogens is 1. The summed E-state index contributed by atoms with van der Waals surface area (Å²) in [5.74, 6) is -0.145. The van der Waals surface area contributed by atoms with Gasteiger partial charge in [0.2, 0.25) is 0 Å². The zero-order valence-corrected chi connectivity index (χ0v) is 19.3. The Hall–Kier alpha value is -3.77. The highest BCUT2D eigenvalue weighted by molar-refractivity contribution is 7.90. The Morgan fingerprint density at radius 2 is 1.48 bits per heavy atom. The molecule has 0 aliphatic rings. The molecule has 1 heterocycles. The molecule has 0 aliphatic carbocycles. The Morgan fingerprint density at radius 3 is 2.15 bits per heavy atom. The Balaban J connectivity index is 1.69. The predicted molar refractivity (Wildman–Crippen MR) is 132 cm³/mol. The van der Waals surface area contributed by atoms with E-state index in [9.17, 15) is 13.2 Å². The fraction of sp³-hybridized carbons (Fsp3) is 0.111. The summed E-state index contributed by atoms with van der Waals surface area (Å²) in [5, 5.41) is 0. The standard InChI is InChI=1S/C27H24N2O3S/c1-3-29(27(30)24-13-9-19-28-26(24)21-10-5-4-6-11-21)22-17-15-20(16-18-22)23-12-7-8-14-25(23)33(2,31)32/h4-19H,3H2,1-2H3. The first-order valence-corrected chi connectivity index (χ1v) is 12.5. The smallest absolute Gasteiger partial charge is 0.260 e. The van der Waals surface area contributed by atoms with Crippen molar-refractivity contribution in [1.29, 1.82) is 0 Å². The molecule has 6 heteroatoms. The van der Waals surface area contributed by atoms with Crippen LogP contribution in [0.25, 0.3) is 22.4 Å². The second-order valence-corrected chi connectivity index (χ2v) is 9.61. The largest absolute Gasteiger partial charge is 0.309 e. The lowest BCUT2D eigenvalue weighted by atomic mass is 10.0. The second-order valence-electron chi connectivity index (χ2n) is 7.63. The number of hydrogen-bond donors (Lipinski definition) is 0. The fourth-order valence-electron chi connectivity index (χ4n) is 3.84. The summed E-state index contributed by atoms with van der Waals surface area (Å²) in [6.45, 7) is 2.39. The second kappa shape index (κ2) is 9.38. The van der Waals surface area contributed by atoms with Crippen LogP contribution < -0.4 is 4.90 Å². The molecule has 0 unspecified atom stereocenters. The number of hydrogen-bond acceptors (Lipinski definition) is 4. The van der Waals surface area contributed by atoms with E-state index in [1.54, 1.807) is 41.4 Å². The summed E-state index contributed by atoms with van der Waals surface area (Å²) in [6.07, 6.45) is 2.89. The van der Waals surface area contributed by atoms with Gasteiger partial charge < -0.3 is 4.90 Å². The van der Waals surface area contributed by atoms with E-state index in [1.807, 2.05) is 67.6 Å². The number of amides is 1. The van der Waals surface area contributed by atoms with Gasteiger partial charge in [-0.3, -0.25) is 9.78 Å². The lowest BCUT2D eigenvalue weighted by molar-refractivity contribution is 0.0988. The van der Waals surface area contributed by atoms with Crippen LogP contribution in [-0.4, -0.2) is 32.1 Å². The van der Waals surface area contributed by atoms with Gasteiger partial charge in [-0.15, -0.1) is 0 Å². The number of carbonyl (C=O) groups excluding carboxylic acids is 1. The Morgan fingerprint density at radius 1 is 0.818 bits per heavy atom. The van der Waals surface area contributed by atoms with Gasteiger partial charge in [0.1, 0.15) is 0 Å². The van der Waals surface area contributed by atoms with Gasteiger partial charge in [-0.05, 0) is 42.8 Å². The van der Waals surface area contributed by atoms with Crippen LogP contribution in [-0.2, 0) is 9.84 Å². The molecule has 33 heavy (non-hydrogen) atoms. The highest BCUT2D eigenvalue weighted by Gasteiger charge is 2.21. The first-order valence-electron chi connectivity index (χ1n) is 10.6. The molecule has 1 aromatic heterocycles. The molecule has 0 atom stereocenters. The number of carbonyl (C=O) groups is 1. The fourth-order valence-corrected chi connectivity index (χ4v) is 4.75. The number of rotatable bonds is 6.